The normalized spacial score (nSPS) is 12.2. The summed E-state index contributed by atoms with van der Waals surface area (Å²) in [5, 5.41) is 12.0. The zero-order chi connectivity index (χ0) is 32.0. The summed E-state index contributed by atoms with van der Waals surface area (Å²) in [5.41, 5.74) is 6.61. The van der Waals surface area contributed by atoms with Gasteiger partial charge in [-0.25, -0.2) is 0 Å². The molecule has 0 aromatic heterocycles. The lowest BCUT2D eigenvalue weighted by Gasteiger charge is -2.16. The van der Waals surface area contributed by atoms with E-state index in [-0.39, 0.29) is 24.5 Å². The van der Waals surface area contributed by atoms with Gasteiger partial charge in [0.1, 0.15) is 5.75 Å². The van der Waals surface area contributed by atoms with Crippen LogP contribution in [0, 0.1) is 0 Å². The number of unbranched alkanes of at least 4 members (excludes halogenated alkanes) is 14. The van der Waals surface area contributed by atoms with E-state index in [0.29, 0.717) is 19.6 Å². The number of aliphatic carboxylic acids is 1. The molecular weight excluding hydrogens is 540 g/mol. The molecule has 0 unspecified atom stereocenters. The number of hydrogen-bond acceptors (Lipinski definition) is 5. The zero-order valence-corrected chi connectivity index (χ0v) is 28.2. The first kappa shape index (κ1) is 40.9. The van der Waals surface area contributed by atoms with Crippen LogP contribution in [0.15, 0.2) is 24.3 Å². The van der Waals surface area contributed by atoms with E-state index >= 15 is 0 Å². The Labute approximate surface area is 264 Å². The van der Waals surface area contributed by atoms with E-state index in [4.69, 9.17) is 20.3 Å². The molecule has 1 aromatic rings. The SMILES string of the molecule is CCCCCCCCCCCCCC(=O)N[C@@H](CC)CN.CCCCCCC[C@H](CC(=O)O)OCc1ccc(OC)cc1. The number of hydrogen-bond donors (Lipinski definition) is 3. The third-order valence-electron chi connectivity index (χ3n) is 7.83. The van der Waals surface area contributed by atoms with Crippen molar-refractivity contribution in [1.82, 2.24) is 5.32 Å². The largest absolute Gasteiger partial charge is 0.497 e. The first-order chi connectivity index (χ1) is 20.9. The van der Waals surface area contributed by atoms with Crippen molar-refractivity contribution in [2.24, 2.45) is 5.73 Å². The van der Waals surface area contributed by atoms with Crippen LogP contribution in [0.25, 0.3) is 0 Å². The third-order valence-corrected chi connectivity index (χ3v) is 7.83. The molecule has 250 valence electrons. The van der Waals surface area contributed by atoms with Gasteiger partial charge in [0, 0.05) is 19.0 Å². The number of rotatable bonds is 27. The Hall–Kier alpha value is -2.12. The van der Waals surface area contributed by atoms with Crippen LogP contribution in [-0.2, 0) is 20.9 Å². The van der Waals surface area contributed by atoms with Crippen LogP contribution in [0.1, 0.15) is 155 Å². The molecule has 0 heterocycles. The lowest BCUT2D eigenvalue weighted by molar-refractivity contribution is -0.140. The fraction of sp³-hybridized carbons (Fsp3) is 0.778. The molecule has 7 nitrogen and oxygen atoms in total. The summed E-state index contributed by atoms with van der Waals surface area (Å²) < 4.78 is 10.9. The molecule has 0 radical (unpaired) electrons. The Bertz CT molecular complexity index is 767. The second-order valence-corrected chi connectivity index (χ2v) is 11.8. The predicted octanol–water partition coefficient (Wildman–Crippen LogP) is 8.96. The van der Waals surface area contributed by atoms with E-state index in [2.05, 4.69) is 26.1 Å². The monoisotopic (exact) mass is 606 g/mol. The van der Waals surface area contributed by atoms with Crippen molar-refractivity contribution in [1.29, 1.82) is 0 Å². The number of ether oxygens (including phenoxy) is 2. The summed E-state index contributed by atoms with van der Waals surface area (Å²) in [5.74, 6) is 0.179. The number of carboxylic acid groups (broad SMARTS) is 1. The van der Waals surface area contributed by atoms with Crippen molar-refractivity contribution in [2.45, 2.75) is 168 Å². The summed E-state index contributed by atoms with van der Waals surface area (Å²) in [4.78, 5) is 22.6. The van der Waals surface area contributed by atoms with Crippen LogP contribution in [0.3, 0.4) is 0 Å². The van der Waals surface area contributed by atoms with E-state index in [1.54, 1.807) is 7.11 Å². The Morgan fingerprint density at radius 2 is 1.30 bits per heavy atom. The van der Waals surface area contributed by atoms with Gasteiger partial charge in [-0.2, -0.15) is 0 Å². The first-order valence-corrected chi connectivity index (χ1v) is 17.4. The lowest BCUT2D eigenvalue weighted by Crippen LogP contribution is -2.39. The highest BCUT2D eigenvalue weighted by molar-refractivity contribution is 5.76. The minimum absolute atomic E-state index is 0.0733. The summed E-state index contributed by atoms with van der Waals surface area (Å²) in [6, 6.07) is 7.81. The molecule has 4 N–H and O–H groups in total. The van der Waals surface area contributed by atoms with Crippen LogP contribution in [0.2, 0.25) is 0 Å². The molecule has 1 rings (SSSR count). The van der Waals surface area contributed by atoms with Crippen LogP contribution >= 0.6 is 0 Å². The van der Waals surface area contributed by atoms with Crippen molar-refractivity contribution in [3.63, 3.8) is 0 Å². The zero-order valence-electron chi connectivity index (χ0n) is 28.2. The Kier molecular flexibility index (Phi) is 28.5. The maximum atomic E-state index is 11.7. The number of methoxy groups -OCH3 is 1. The van der Waals surface area contributed by atoms with Crippen molar-refractivity contribution in [3.8, 4) is 5.75 Å². The van der Waals surface area contributed by atoms with E-state index in [1.165, 1.54) is 83.5 Å². The van der Waals surface area contributed by atoms with Gasteiger partial charge in [-0.15, -0.1) is 0 Å². The molecule has 1 amide bonds. The topological polar surface area (TPSA) is 111 Å². The van der Waals surface area contributed by atoms with Crippen LogP contribution in [0.4, 0.5) is 0 Å². The second-order valence-electron chi connectivity index (χ2n) is 11.8. The summed E-state index contributed by atoms with van der Waals surface area (Å²) in [6.45, 7) is 7.49. The minimum Gasteiger partial charge on any atom is -0.497 e. The molecule has 0 fully saturated rings. The molecule has 43 heavy (non-hydrogen) atoms. The molecule has 0 spiro atoms. The highest BCUT2D eigenvalue weighted by atomic mass is 16.5. The van der Waals surface area contributed by atoms with Gasteiger partial charge in [-0.1, -0.05) is 129 Å². The Morgan fingerprint density at radius 1 is 0.791 bits per heavy atom. The standard InChI is InChI=1S/C18H38N2O.C18H28O4/c1-3-5-6-7-8-9-10-11-12-13-14-15-18(21)20-17(4-2)16-19;1-3-4-5-6-7-8-17(13-18(19)20)22-14-15-9-11-16(21-2)12-10-15/h17H,3-16,19H2,1-2H3,(H,20,21);9-12,17H,3-8,13-14H2,1-2H3,(H,19,20)/t2*17-/m01/s1. The average molecular weight is 607 g/mol. The molecule has 0 saturated carbocycles. The molecule has 0 aliphatic rings. The van der Waals surface area contributed by atoms with Crippen LogP contribution in [0.5, 0.6) is 5.75 Å². The highest BCUT2D eigenvalue weighted by Gasteiger charge is 2.14. The van der Waals surface area contributed by atoms with Crippen molar-refractivity contribution >= 4 is 11.9 Å². The Balaban J connectivity index is 0.000000822. The van der Waals surface area contributed by atoms with Gasteiger partial charge >= 0.3 is 5.97 Å². The third kappa shape index (κ3) is 26.0. The summed E-state index contributed by atoms with van der Waals surface area (Å²) in [6.07, 6.45) is 22.6. The fourth-order valence-electron chi connectivity index (χ4n) is 4.93. The fourth-order valence-corrected chi connectivity index (χ4v) is 4.93. The molecule has 0 aliphatic heterocycles. The number of benzene rings is 1. The van der Waals surface area contributed by atoms with Crippen molar-refractivity contribution < 1.29 is 24.2 Å². The van der Waals surface area contributed by atoms with Crippen LogP contribution < -0.4 is 15.8 Å². The van der Waals surface area contributed by atoms with Crippen LogP contribution in [-0.4, -0.2) is 42.8 Å². The average Bonchev–Trinajstić information content (AvgIpc) is 3.01. The van der Waals surface area contributed by atoms with Crippen molar-refractivity contribution in [3.05, 3.63) is 29.8 Å². The first-order valence-electron chi connectivity index (χ1n) is 17.4. The molecule has 2 atom stereocenters. The van der Waals surface area contributed by atoms with Gasteiger partial charge in [-0.05, 0) is 37.0 Å². The predicted molar refractivity (Wildman–Crippen MR) is 180 cm³/mol. The molecule has 0 bridgehead atoms. The molecule has 7 heteroatoms. The lowest BCUT2D eigenvalue weighted by atomic mass is 10.1. The number of carbonyl (C=O) groups excluding carboxylic acids is 1. The van der Waals surface area contributed by atoms with Gasteiger partial charge in [0.25, 0.3) is 0 Å². The van der Waals surface area contributed by atoms with Gasteiger partial charge in [-0.3, -0.25) is 9.59 Å². The number of carboxylic acids is 1. The molecule has 0 saturated heterocycles. The van der Waals surface area contributed by atoms with E-state index in [1.807, 2.05) is 24.3 Å². The highest BCUT2D eigenvalue weighted by Crippen LogP contribution is 2.17. The molecule has 0 aliphatic carbocycles. The van der Waals surface area contributed by atoms with E-state index < -0.39 is 5.97 Å². The Morgan fingerprint density at radius 3 is 1.77 bits per heavy atom. The summed E-state index contributed by atoms with van der Waals surface area (Å²) in [7, 11) is 1.63. The van der Waals surface area contributed by atoms with Gasteiger partial charge in [0.2, 0.25) is 5.91 Å². The van der Waals surface area contributed by atoms with Gasteiger partial charge < -0.3 is 25.6 Å². The molecule has 1 aromatic carbocycles. The molecular formula is C36H66N2O5. The summed E-state index contributed by atoms with van der Waals surface area (Å²) >= 11 is 0. The number of carbonyl (C=O) groups is 2. The maximum Gasteiger partial charge on any atom is 0.305 e. The minimum atomic E-state index is -0.798. The van der Waals surface area contributed by atoms with E-state index in [0.717, 1.165) is 43.4 Å². The second kappa shape index (κ2) is 29.9. The van der Waals surface area contributed by atoms with Gasteiger partial charge in [0.05, 0.1) is 26.2 Å². The number of amides is 1. The van der Waals surface area contributed by atoms with E-state index in [9.17, 15) is 9.59 Å². The quantitative estimate of drug-likeness (QED) is 0.0862. The smallest absolute Gasteiger partial charge is 0.305 e. The van der Waals surface area contributed by atoms with Gasteiger partial charge in [0.15, 0.2) is 0 Å². The number of nitrogens with one attached hydrogen (secondary N) is 1. The maximum absolute atomic E-state index is 11.7. The number of nitrogens with two attached hydrogens (primary N) is 1. The van der Waals surface area contributed by atoms with Crippen molar-refractivity contribution in [2.75, 3.05) is 13.7 Å².